The fraction of sp³-hybridized carbons (Fsp3) is 0.412. The highest BCUT2D eigenvalue weighted by Crippen LogP contribution is 2.34. The summed E-state index contributed by atoms with van der Waals surface area (Å²) in [7, 11) is 0. The predicted octanol–water partition coefficient (Wildman–Crippen LogP) is 4.79. The van der Waals surface area contributed by atoms with Crippen LogP contribution in [-0.4, -0.2) is 20.6 Å². The first kappa shape index (κ1) is 18.4. The Labute approximate surface area is 152 Å². The monoisotopic (exact) mass is 386 g/mol. The molecule has 8 heteroatoms. The molecule has 0 amide bonds. The lowest BCUT2D eigenvalue weighted by molar-refractivity contribution is -0.137. The van der Waals surface area contributed by atoms with Crippen LogP contribution in [0.25, 0.3) is 5.69 Å². The maximum atomic E-state index is 13.1. The van der Waals surface area contributed by atoms with Gasteiger partial charge in [-0.25, -0.2) is 4.98 Å². The number of thioether (sulfide) groups is 2. The number of fused-ring (bicyclic) bond motifs is 1. The Kier molecular flexibility index (Phi) is 5.20. The average Bonchev–Trinajstić information content (AvgIpc) is 3.03. The molecule has 0 aliphatic carbocycles. The Balaban J connectivity index is 2.19. The fourth-order valence-corrected chi connectivity index (χ4v) is 4.50. The second-order valence-corrected chi connectivity index (χ2v) is 8.30. The Hall–Kier alpha value is -1.41. The molecule has 0 N–H and O–H groups in total. The van der Waals surface area contributed by atoms with Crippen LogP contribution >= 0.6 is 23.5 Å². The van der Waals surface area contributed by atoms with Crippen molar-refractivity contribution < 1.29 is 13.2 Å². The molecule has 2 heterocycles. The molecule has 2 aromatic rings. The van der Waals surface area contributed by atoms with E-state index in [-0.39, 0.29) is 16.5 Å². The summed E-state index contributed by atoms with van der Waals surface area (Å²) >= 11 is 2.84. The van der Waals surface area contributed by atoms with Crippen molar-refractivity contribution in [2.75, 3.05) is 5.75 Å². The maximum Gasteiger partial charge on any atom is 0.416 e. The van der Waals surface area contributed by atoms with Crippen molar-refractivity contribution in [2.24, 2.45) is 0 Å². The minimum Gasteiger partial charge on any atom is -0.268 e. The van der Waals surface area contributed by atoms with Gasteiger partial charge in [0.25, 0.3) is 5.56 Å². The van der Waals surface area contributed by atoms with Gasteiger partial charge in [0.2, 0.25) is 0 Å². The number of benzene rings is 1. The van der Waals surface area contributed by atoms with Gasteiger partial charge in [0.15, 0.2) is 5.16 Å². The first-order valence-electron chi connectivity index (χ1n) is 7.94. The zero-order chi connectivity index (χ0) is 18.2. The number of aryl methyl sites for hydroxylation is 1. The van der Waals surface area contributed by atoms with E-state index in [1.165, 1.54) is 40.2 Å². The van der Waals surface area contributed by atoms with Crippen molar-refractivity contribution in [3.8, 4) is 5.69 Å². The highest BCUT2D eigenvalue weighted by Gasteiger charge is 2.31. The second kappa shape index (κ2) is 7.07. The summed E-state index contributed by atoms with van der Waals surface area (Å²) in [6.07, 6.45) is -2.87. The molecule has 1 aliphatic rings. The van der Waals surface area contributed by atoms with E-state index >= 15 is 0 Å². The molecule has 0 spiro atoms. The molecule has 1 atom stereocenters. The molecular weight excluding hydrogens is 369 g/mol. The Bertz CT molecular complexity index is 849. The molecule has 0 saturated heterocycles. The van der Waals surface area contributed by atoms with E-state index in [0.29, 0.717) is 16.5 Å². The van der Waals surface area contributed by atoms with Gasteiger partial charge in [-0.1, -0.05) is 31.7 Å². The van der Waals surface area contributed by atoms with Gasteiger partial charge in [0.1, 0.15) is 0 Å². The summed E-state index contributed by atoms with van der Waals surface area (Å²) in [5.41, 5.74) is -0.0976. The zero-order valence-corrected chi connectivity index (χ0v) is 15.4. The van der Waals surface area contributed by atoms with Gasteiger partial charge in [-0.2, -0.15) is 13.2 Å². The molecule has 1 aromatic heterocycles. The zero-order valence-electron chi connectivity index (χ0n) is 13.8. The number of alkyl halides is 3. The Morgan fingerprint density at radius 3 is 2.84 bits per heavy atom. The van der Waals surface area contributed by atoms with Gasteiger partial charge in [-0.15, -0.1) is 11.8 Å². The van der Waals surface area contributed by atoms with Gasteiger partial charge in [-0.05, 0) is 24.6 Å². The van der Waals surface area contributed by atoms with Crippen LogP contribution in [0, 0.1) is 0 Å². The summed E-state index contributed by atoms with van der Waals surface area (Å²) in [5.74, 6) is 0.775. The molecule has 3 rings (SSSR count). The summed E-state index contributed by atoms with van der Waals surface area (Å²) < 4.78 is 40.5. The normalized spacial score (nSPS) is 15.2. The number of aromatic nitrogens is 2. The van der Waals surface area contributed by atoms with Crippen molar-refractivity contribution in [3.05, 3.63) is 45.9 Å². The fourth-order valence-electron chi connectivity index (χ4n) is 2.48. The second-order valence-electron chi connectivity index (χ2n) is 5.79. The minimum atomic E-state index is -4.46. The van der Waals surface area contributed by atoms with Crippen LogP contribution in [0.4, 0.5) is 13.2 Å². The summed E-state index contributed by atoms with van der Waals surface area (Å²) in [5, 5.41) is 0.663. The van der Waals surface area contributed by atoms with Crippen molar-refractivity contribution >= 4 is 23.5 Å². The van der Waals surface area contributed by atoms with Crippen LogP contribution in [0.3, 0.4) is 0 Å². The average molecular weight is 386 g/mol. The Morgan fingerprint density at radius 1 is 1.40 bits per heavy atom. The van der Waals surface area contributed by atoms with Gasteiger partial charge in [-0.3, -0.25) is 9.36 Å². The largest absolute Gasteiger partial charge is 0.416 e. The van der Waals surface area contributed by atoms with Crippen LogP contribution in [0.5, 0.6) is 0 Å². The maximum absolute atomic E-state index is 13.1. The lowest BCUT2D eigenvalue weighted by Crippen LogP contribution is -2.24. The molecule has 1 aliphatic heterocycles. The van der Waals surface area contributed by atoms with Gasteiger partial charge in [0, 0.05) is 17.4 Å². The molecule has 0 fully saturated rings. The van der Waals surface area contributed by atoms with Crippen molar-refractivity contribution in [3.63, 3.8) is 0 Å². The topological polar surface area (TPSA) is 34.9 Å². The van der Waals surface area contributed by atoms with Crippen LogP contribution < -0.4 is 5.56 Å². The van der Waals surface area contributed by atoms with Crippen LogP contribution in [0.15, 0.2) is 39.1 Å². The highest BCUT2D eigenvalue weighted by atomic mass is 32.2. The molecule has 25 heavy (non-hydrogen) atoms. The number of halogens is 3. The van der Waals surface area contributed by atoms with E-state index in [4.69, 9.17) is 0 Å². The third-order valence-corrected chi connectivity index (χ3v) is 6.31. The molecule has 0 saturated carbocycles. The smallest absolute Gasteiger partial charge is 0.268 e. The standard InChI is InChI=1S/C17H17F3N2OS2/c1-3-10(2)25-16-21-13-7-8-24-14(13)15(23)22(16)12-6-4-5-11(9-12)17(18,19)20/h4-6,9-10H,3,7-8H2,1-2H3/t10-/m0/s1. The van der Waals surface area contributed by atoms with E-state index in [9.17, 15) is 18.0 Å². The SMILES string of the molecule is CC[C@H](C)Sc1nc2c(c(=O)n1-c1cccc(C(F)(F)F)c1)SCC2. The third kappa shape index (κ3) is 3.74. The first-order chi connectivity index (χ1) is 11.8. The summed E-state index contributed by atoms with van der Waals surface area (Å²) in [6, 6.07) is 4.86. The van der Waals surface area contributed by atoms with Gasteiger partial charge < -0.3 is 0 Å². The van der Waals surface area contributed by atoms with E-state index in [1.54, 1.807) is 0 Å². The molecule has 1 aromatic carbocycles. The highest BCUT2D eigenvalue weighted by molar-refractivity contribution is 8.00. The number of hydrogen-bond acceptors (Lipinski definition) is 4. The molecule has 0 radical (unpaired) electrons. The molecule has 3 nitrogen and oxygen atoms in total. The van der Waals surface area contributed by atoms with Crippen molar-refractivity contribution in [1.82, 2.24) is 9.55 Å². The van der Waals surface area contributed by atoms with E-state index < -0.39 is 11.7 Å². The number of rotatable bonds is 4. The number of nitrogens with zero attached hydrogens (tertiary/aromatic N) is 2. The quantitative estimate of drug-likeness (QED) is 0.559. The lowest BCUT2D eigenvalue weighted by atomic mass is 10.2. The van der Waals surface area contributed by atoms with E-state index in [1.807, 2.05) is 13.8 Å². The lowest BCUT2D eigenvalue weighted by Gasteiger charge is -2.17. The van der Waals surface area contributed by atoms with Crippen molar-refractivity contribution in [2.45, 2.75) is 48.2 Å². The Morgan fingerprint density at radius 2 is 2.16 bits per heavy atom. The molecule has 0 unspecified atom stereocenters. The first-order valence-corrected chi connectivity index (χ1v) is 9.80. The minimum absolute atomic E-state index is 0.202. The molecule has 0 bridgehead atoms. The van der Waals surface area contributed by atoms with Gasteiger partial charge >= 0.3 is 6.18 Å². The van der Waals surface area contributed by atoms with E-state index in [2.05, 4.69) is 4.98 Å². The van der Waals surface area contributed by atoms with Crippen LogP contribution in [-0.2, 0) is 12.6 Å². The van der Waals surface area contributed by atoms with Crippen LogP contribution in [0.2, 0.25) is 0 Å². The van der Waals surface area contributed by atoms with Crippen molar-refractivity contribution in [1.29, 1.82) is 0 Å². The van der Waals surface area contributed by atoms with E-state index in [0.717, 1.165) is 30.0 Å². The summed E-state index contributed by atoms with van der Waals surface area (Å²) in [6.45, 7) is 4.03. The number of hydrogen-bond donors (Lipinski definition) is 0. The van der Waals surface area contributed by atoms with Crippen LogP contribution in [0.1, 0.15) is 31.5 Å². The molecular formula is C17H17F3N2OS2. The summed E-state index contributed by atoms with van der Waals surface area (Å²) in [4.78, 5) is 18.1. The molecule has 134 valence electrons. The van der Waals surface area contributed by atoms with Gasteiger partial charge in [0.05, 0.1) is 21.8 Å². The predicted molar refractivity (Wildman–Crippen MR) is 94.9 cm³/mol. The third-order valence-electron chi connectivity index (χ3n) is 3.98.